The van der Waals surface area contributed by atoms with Crippen LogP contribution in [0.3, 0.4) is 0 Å². The molecule has 2 aromatic carbocycles. The van der Waals surface area contributed by atoms with E-state index in [2.05, 4.69) is 5.32 Å². The average molecular weight is 399 g/mol. The van der Waals surface area contributed by atoms with Crippen LogP contribution in [0.4, 0.5) is 0 Å². The van der Waals surface area contributed by atoms with E-state index in [0.29, 0.717) is 12.8 Å². The van der Waals surface area contributed by atoms with E-state index in [1.165, 1.54) is 7.11 Å². The van der Waals surface area contributed by atoms with Gasteiger partial charge in [0, 0.05) is 0 Å². The Morgan fingerprint density at radius 3 is 2.38 bits per heavy atom. The van der Waals surface area contributed by atoms with Crippen molar-refractivity contribution in [3.05, 3.63) is 65.2 Å². The molecule has 0 aliphatic carbocycles. The molecule has 1 atom stereocenters. The van der Waals surface area contributed by atoms with Crippen molar-refractivity contribution >= 4 is 11.9 Å². The minimum atomic E-state index is -0.716. The molecule has 0 unspecified atom stereocenters. The van der Waals surface area contributed by atoms with Crippen LogP contribution in [0.25, 0.3) is 0 Å². The number of rotatable bonds is 8. The van der Waals surface area contributed by atoms with E-state index >= 15 is 0 Å². The first kappa shape index (κ1) is 22.4. The molecule has 6 heteroatoms. The summed E-state index contributed by atoms with van der Waals surface area (Å²) in [4.78, 5) is 24.3. The summed E-state index contributed by atoms with van der Waals surface area (Å²) in [5.41, 5.74) is 2.29. The number of hydrogen-bond donors (Lipinski definition) is 2. The summed E-state index contributed by atoms with van der Waals surface area (Å²) < 4.78 is 10.2. The van der Waals surface area contributed by atoms with Gasteiger partial charge >= 0.3 is 11.9 Å². The molecular formula is C23H29NO5. The van der Waals surface area contributed by atoms with E-state index < -0.39 is 23.6 Å². The third-order valence-corrected chi connectivity index (χ3v) is 4.25. The van der Waals surface area contributed by atoms with E-state index in [1.807, 2.05) is 30.3 Å². The first-order valence-corrected chi connectivity index (χ1v) is 9.55. The standard InChI is InChI=1S/C23H29NO5/c1-23(2,3)29-21(26)15-24-20(22(27)28-4)14-17-10-11-19(25)13-18(17)12-16-8-6-5-7-9-16/h5-11,13,20,24-25H,12,14-15H2,1-4H3/t20-/m0/s1. The summed E-state index contributed by atoms with van der Waals surface area (Å²) in [5, 5.41) is 12.9. The molecular weight excluding hydrogens is 370 g/mol. The highest BCUT2D eigenvalue weighted by Crippen LogP contribution is 2.21. The maximum absolute atomic E-state index is 12.3. The van der Waals surface area contributed by atoms with Crippen molar-refractivity contribution in [2.75, 3.05) is 13.7 Å². The zero-order valence-electron chi connectivity index (χ0n) is 17.4. The van der Waals surface area contributed by atoms with Gasteiger partial charge in [0.25, 0.3) is 0 Å². The lowest BCUT2D eigenvalue weighted by Crippen LogP contribution is -2.43. The first-order valence-electron chi connectivity index (χ1n) is 9.55. The van der Waals surface area contributed by atoms with Crippen LogP contribution in [0.1, 0.15) is 37.5 Å². The van der Waals surface area contributed by atoms with Gasteiger partial charge in [0.05, 0.1) is 13.7 Å². The summed E-state index contributed by atoms with van der Waals surface area (Å²) >= 11 is 0. The number of nitrogens with one attached hydrogen (secondary N) is 1. The van der Waals surface area contributed by atoms with Gasteiger partial charge < -0.3 is 14.6 Å². The highest BCUT2D eigenvalue weighted by molar-refractivity contribution is 5.78. The molecule has 0 bridgehead atoms. The highest BCUT2D eigenvalue weighted by Gasteiger charge is 2.23. The smallest absolute Gasteiger partial charge is 0.323 e. The molecule has 2 N–H and O–H groups in total. The van der Waals surface area contributed by atoms with Crippen molar-refractivity contribution in [2.24, 2.45) is 0 Å². The van der Waals surface area contributed by atoms with E-state index in [4.69, 9.17) is 9.47 Å². The summed E-state index contributed by atoms with van der Waals surface area (Å²) in [7, 11) is 1.31. The Labute approximate surface area is 171 Å². The molecule has 0 aromatic heterocycles. The summed E-state index contributed by atoms with van der Waals surface area (Å²) in [5.74, 6) is -0.745. The zero-order chi connectivity index (χ0) is 21.4. The van der Waals surface area contributed by atoms with Gasteiger partial charge in [-0.1, -0.05) is 36.4 Å². The van der Waals surface area contributed by atoms with E-state index in [0.717, 1.165) is 16.7 Å². The van der Waals surface area contributed by atoms with Gasteiger partial charge in [-0.05, 0) is 62.4 Å². The van der Waals surface area contributed by atoms with Crippen LogP contribution >= 0.6 is 0 Å². The van der Waals surface area contributed by atoms with Crippen molar-refractivity contribution in [3.63, 3.8) is 0 Å². The van der Waals surface area contributed by atoms with Gasteiger partial charge in [0.1, 0.15) is 17.4 Å². The molecule has 0 radical (unpaired) electrons. The number of esters is 2. The summed E-state index contributed by atoms with van der Waals surface area (Å²) in [6, 6.07) is 14.2. The Balaban J connectivity index is 2.16. The Kier molecular flexibility index (Phi) is 7.79. The first-order chi connectivity index (χ1) is 13.7. The fraction of sp³-hybridized carbons (Fsp3) is 0.391. The lowest BCUT2D eigenvalue weighted by molar-refractivity contribution is -0.154. The molecule has 0 heterocycles. The molecule has 0 amide bonds. The predicted molar refractivity (Wildman–Crippen MR) is 111 cm³/mol. The number of hydrogen-bond acceptors (Lipinski definition) is 6. The topological polar surface area (TPSA) is 84.9 Å². The fourth-order valence-corrected chi connectivity index (χ4v) is 2.98. The number of aromatic hydroxyl groups is 1. The van der Waals surface area contributed by atoms with Crippen molar-refractivity contribution in [1.82, 2.24) is 5.32 Å². The molecule has 0 aliphatic heterocycles. The van der Waals surface area contributed by atoms with Gasteiger partial charge in [-0.2, -0.15) is 0 Å². The zero-order valence-corrected chi connectivity index (χ0v) is 17.4. The Bertz CT molecular complexity index is 827. The lowest BCUT2D eigenvalue weighted by Gasteiger charge is -2.22. The van der Waals surface area contributed by atoms with Crippen LogP contribution < -0.4 is 5.32 Å². The van der Waals surface area contributed by atoms with Gasteiger partial charge in [-0.3, -0.25) is 14.9 Å². The number of benzene rings is 2. The third-order valence-electron chi connectivity index (χ3n) is 4.25. The van der Waals surface area contributed by atoms with Crippen LogP contribution in [0.15, 0.2) is 48.5 Å². The van der Waals surface area contributed by atoms with Gasteiger partial charge in [0.15, 0.2) is 0 Å². The minimum absolute atomic E-state index is 0.108. The van der Waals surface area contributed by atoms with E-state index in [9.17, 15) is 14.7 Å². The largest absolute Gasteiger partial charge is 0.508 e. The van der Waals surface area contributed by atoms with Crippen LogP contribution in [0, 0.1) is 0 Å². The maximum atomic E-state index is 12.3. The van der Waals surface area contributed by atoms with Crippen molar-refractivity contribution in [2.45, 2.75) is 45.3 Å². The average Bonchev–Trinajstić information content (AvgIpc) is 2.65. The molecule has 0 spiro atoms. The molecule has 0 saturated heterocycles. The number of phenolic OH excluding ortho intramolecular Hbond substituents is 1. The number of carbonyl (C=O) groups excluding carboxylic acids is 2. The van der Waals surface area contributed by atoms with Crippen molar-refractivity contribution in [3.8, 4) is 5.75 Å². The molecule has 2 rings (SSSR count). The molecule has 6 nitrogen and oxygen atoms in total. The highest BCUT2D eigenvalue weighted by atomic mass is 16.6. The fourth-order valence-electron chi connectivity index (χ4n) is 2.98. The van der Waals surface area contributed by atoms with Crippen LogP contribution in [0.5, 0.6) is 5.75 Å². The van der Waals surface area contributed by atoms with Crippen molar-refractivity contribution < 1.29 is 24.2 Å². The maximum Gasteiger partial charge on any atom is 0.323 e. The van der Waals surface area contributed by atoms with Gasteiger partial charge in [-0.15, -0.1) is 0 Å². The van der Waals surface area contributed by atoms with Crippen LogP contribution in [0.2, 0.25) is 0 Å². The van der Waals surface area contributed by atoms with Crippen LogP contribution in [-0.2, 0) is 31.9 Å². The molecule has 2 aromatic rings. The van der Waals surface area contributed by atoms with E-state index in [-0.39, 0.29) is 12.3 Å². The molecule has 29 heavy (non-hydrogen) atoms. The van der Waals surface area contributed by atoms with Crippen molar-refractivity contribution in [1.29, 1.82) is 0 Å². The normalized spacial score (nSPS) is 12.3. The third kappa shape index (κ3) is 7.58. The Morgan fingerprint density at radius 2 is 1.76 bits per heavy atom. The van der Waals surface area contributed by atoms with Crippen LogP contribution in [-0.4, -0.2) is 42.3 Å². The summed E-state index contributed by atoms with van der Waals surface area (Å²) in [6.45, 7) is 5.25. The Morgan fingerprint density at radius 1 is 1.07 bits per heavy atom. The predicted octanol–water partition coefficient (Wildman–Crippen LogP) is 3.00. The monoisotopic (exact) mass is 399 g/mol. The number of methoxy groups -OCH3 is 1. The van der Waals surface area contributed by atoms with Gasteiger partial charge in [0.2, 0.25) is 0 Å². The molecule has 156 valence electrons. The quantitative estimate of drug-likeness (QED) is 0.664. The second-order valence-corrected chi connectivity index (χ2v) is 7.86. The molecule has 0 saturated carbocycles. The molecule has 0 aliphatic rings. The second-order valence-electron chi connectivity index (χ2n) is 7.86. The van der Waals surface area contributed by atoms with Gasteiger partial charge in [-0.25, -0.2) is 0 Å². The number of ether oxygens (including phenoxy) is 2. The lowest BCUT2D eigenvalue weighted by atomic mass is 9.95. The SMILES string of the molecule is COC(=O)[C@H](Cc1ccc(O)cc1Cc1ccccc1)NCC(=O)OC(C)(C)C. The van der Waals surface area contributed by atoms with E-state index in [1.54, 1.807) is 39.0 Å². The minimum Gasteiger partial charge on any atom is -0.508 e. The molecule has 0 fully saturated rings. The number of carbonyl (C=O) groups is 2. The summed E-state index contributed by atoms with van der Waals surface area (Å²) in [6.07, 6.45) is 0.933. The second kappa shape index (κ2) is 10.1. The number of phenols is 1. The Hall–Kier alpha value is -2.86.